The first-order chi connectivity index (χ1) is 9.76. The molecule has 5 nitrogen and oxygen atoms in total. The van der Waals surface area contributed by atoms with Crippen LogP contribution in [0.1, 0.15) is 39.2 Å². The van der Waals surface area contributed by atoms with Crippen molar-refractivity contribution in [3.8, 4) is 0 Å². The van der Waals surface area contributed by atoms with E-state index in [-0.39, 0.29) is 11.8 Å². The van der Waals surface area contributed by atoms with Crippen molar-refractivity contribution in [1.29, 1.82) is 0 Å². The highest BCUT2D eigenvalue weighted by molar-refractivity contribution is 5.96. The summed E-state index contributed by atoms with van der Waals surface area (Å²) in [6, 6.07) is 5.41. The van der Waals surface area contributed by atoms with Gasteiger partial charge in [0.2, 0.25) is 5.91 Å². The SMILES string of the molecule is Cc1c(NC(=O)OC(C)(C)C)cccc1NC(=O)C1CC1. The molecule has 0 spiro atoms. The Morgan fingerprint density at radius 3 is 2.24 bits per heavy atom. The number of carbonyl (C=O) groups excluding carboxylic acids is 2. The molecule has 114 valence electrons. The van der Waals surface area contributed by atoms with Crippen LogP contribution < -0.4 is 10.6 Å². The molecule has 0 saturated heterocycles. The molecule has 2 amide bonds. The molecule has 0 radical (unpaired) electrons. The number of rotatable bonds is 3. The zero-order chi connectivity index (χ0) is 15.6. The number of benzene rings is 1. The Hall–Kier alpha value is -2.04. The predicted molar refractivity (Wildman–Crippen MR) is 82.4 cm³/mol. The summed E-state index contributed by atoms with van der Waals surface area (Å²) in [5.41, 5.74) is 1.63. The van der Waals surface area contributed by atoms with Gasteiger partial charge in [0, 0.05) is 17.3 Å². The third-order valence-corrected chi connectivity index (χ3v) is 3.18. The number of carbonyl (C=O) groups is 2. The van der Waals surface area contributed by atoms with Crippen LogP contribution in [-0.4, -0.2) is 17.6 Å². The lowest BCUT2D eigenvalue weighted by Gasteiger charge is -2.20. The van der Waals surface area contributed by atoms with E-state index in [0.29, 0.717) is 5.69 Å². The van der Waals surface area contributed by atoms with Gasteiger partial charge in [-0.25, -0.2) is 4.79 Å². The van der Waals surface area contributed by atoms with E-state index in [0.717, 1.165) is 24.1 Å². The second-order valence-electron chi connectivity index (χ2n) is 6.37. The Bertz CT molecular complexity index is 557. The van der Waals surface area contributed by atoms with Crippen LogP contribution in [0, 0.1) is 12.8 Å². The van der Waals surface area contributed by atoms with E-state index < -0.39 is 11.7 Å². The van der Waals surface area contributed by atoms with Gasteiger partial charge < -0.3 is 10.1 Å². The normalized spacial score (nSPS) is 14.5. The molecule has 0 heterocycles. The van der Waals surface area contributed by atoms with Gasteiger partial charge in [-0.1, -0.05) is 6.07 Å². The lowest BCUT2D eigenvalue weighted by Crippen LogP contribution is -2.27. The maximum atomic E-state index is 11.8. The molecule has 2 rings (SSSR count). The molecule has 1 aliphatic rings. The Labute approximate surface area is 125 Å². The Morgan fingerprint density at radius 1 is 1.14 bits per heavy atom. The van der Waals surface area contributed by atoms with Crippen molar-refractivity contribution in [1.82, 2.24) is 0 Å². The summed E-state index contributed by atoms with van der Waals surface area (Å²) in [6.45, 7) is 7.29. The largest absolute Gasteiger partial charge is 0.444 e. The first-order valence-corrected chi connectivity index (χ1v) is 7.17. The highest BCUT2D eigenvalue weighted by Crippen LogP contribution is 2.31. The topological polar surface area (TPSA) is 67.4 Å². The maximum Gasteiger partial charge on any atom is 0.412 e. The Kier molecular flexibility index (Phi) is 4.21. The number of ether oxygens (including phenoxy) is 1. The molecule has 0 aliphatic heterocycles. The second-order valence-corrected chi connectivity index (χ2v) is 6.37. The van der Waals surface area contributed by atoms with Crippen molar-refractivity contribution in [2.75, 3.05) is 10.6 Å². The van der Waals surface area contributed by atoms with Crippen LogP contribution in [0.2, 0.25) is 0 Å². The number of amides is 2. The van der Waals surface area contributed by atoms with Gasteiger partial charge in [-0.15, -0.1) is 0 Å². The summed E-state index contributed by atoms with van der Waals surface area (Å²) < 4.78 is 5.23. The number of hydrogen-bond donors (Lipinski definition) is 2. The molecule has 5 heteroatoms. The third kappa shape index (κ3) is 4.48. The van der Waals surface area contributed by atoms with Crippen molar-refractivity contribution < 1.29 is 14.3 Å². The minimum atomic E-state index is -0.546. The molecule has 1 fully saturated rings. The fourth-order valence-electron chi connectivity index (χ4n) is 1.90. The second kappa shape index (κ2) is 5.76. The zero-order valence-electron chi connectivity index (χ0n) is 12.9. The van der Waals surface area contributed by atoms with Crippen LogP contribution in [0.4, 0.5) is 16.2 Å². The molecule has 1 aromatic rings. The first kappa shape index (κ1) is 15.4. The van der Waals surface area contributed by atoms with Crippen LogP contribution in [0.25, 0.3) is 0 Å². The molecular formula is C16H22N2O3. The van der Waals surface area contributed by atoms with Crippen molar-refractivity contribution >= 4 is 23.4 Å². The average molecular weight is 290 g/mol. The first-order valence-electron chi connectivity index (χ1n) is 7.17. The molecule has 0 unspecified atom stereocenters. The maximum absolute atomic E-state index is 11.8. The number of anilines is 2. The molecular weight excluding hydrogens is 268 g/mol. The minimum Gasteiger partial charge on any atom is -0.444 e. The highest BCUT2D eigenvalue weighted by atomic mass is 16.6. The van der Waals surface area contributed by atoms with Gasteiger partial charge in [0.05, 0.1) is 0 Å². The van der Waals surface area contributed by atoms with E-state index in [1.54, 1.807) is 12.1 Å². The van der Waals surface area contributed by atoms with Gasteiger partial charge in [0.15, 0.2) is 0 Å². The molecule has 0 atom stereocenters. The van der Waals surface area contributed by atoms with E-state index in [1.807, 2.05) is 33.8 Å². The Morgan fingerprint density at radius 2 is 1.71 bits per heavy atom. The van der Waals surface area contributed by atoms with E-state index in [1.165, 1.54) is 0 Å². The predicted octanol–water partition coefficient (Wildman–Crippen LogP) is 3.69. The Balaban J connectivity index is 2.06. The quantitative estimate of drug-likeness (QED) is 0.892. The van der Waals surface area contributed by atoms with Crippen molar-refractivity contribution in [3.05, 3.63) is 23.8 Å². The van der Waals surface area contributed by atoms with Crippen LogP contribution >= 0.6 is 0 Å². The van der Waals surface area contributed by atoms with Crippen LogP contribution in [0.3, 0.4) is 0 Å². The molecule has 0 bridgehead atoms. The molecule has 0 aromatic heterocycles. The standard InChI is InChI=1S/C16H22N2O3/c1-10-12(17-14(19)11-8-9-11)6-5-7-13(10)18-15(20)21-16(2,3)4/h5-7,11H,8-9H2,1-4H3,(H,17,19)(H,18,20). The summed E-state index contributed by atoms with van der Waals surface area (Å²) in [7, 11) is 0. The average Bonchev–Trinajstić information content (AvgIpc) is 3.15. The van der Waals surface area contributed by atoms with Crippen molar-refractivity contribution in [3.63, 3.8) is 0 Å². The van der Waals surface area contributed by atoms with E-state index in [2.05, 4.69) is 10.6 Å². The van der Waals surface area contributed by atoms with Gasteiger partial charge >= 0.3 is 6.09 Å². The lowest BCUT2D eigenvalue weighted by molar-refractivity contribution is -0.117. The van der Waals surface area contributed by atoms with Crippen molar-refractivity contribution in [2.24, 2.45) is 5.92 Å². The van der Waals surface area contributed by atoms with Gasteiger partial charge in [-0.05, 0) is 58.2 Å². The van der Waals surface area contributed by atoms with Gasteiger partial charge in [-0.3, -0.25) is 10.1 Å². The van der Waals surface area contributed by atoms with Crippen molar-refractivity contribution in [2.45, 2.75) is 46.1 Å². The van der Waals surface area contributed by atoms with Gasteiger partial charge in [0.25, 0.3) is 0 Å². The summed E-state index contributed by atoms with van der Waals surface area (Å²) in [5, 5.41) is 5.62. The third-order valence-electron chi connectivity index (χ3n) is 3.18. The fraction of sp³-hybridized carbons (Fsp3) is 0.500. The molecule has 21 heavy (non-hydrogen) atoms. The van der Waals surface area contributed by atoms with Crippen LogP contribution in [-0.2, 0) is 9.53 Å². The molecule has 1 aliphatic carbocycles. The summed E-state index contributed by atoms with van der Waals surface area (Å²) in [5.74, 6) is 0.194. The molecule has 2 N–H and O–H groups in total. The minimum absolute atomic E-state index is 0.0486. The summed E-state index contributed by atoms with van der Waals surface area (Å²) >= 11 is 0. The number of nitrogens with one attached hydrogen (secondary N) is 2. The monoisotopic (exact) mass is 290 g/mol. The molecule has 1 saturated carbocycles. The zero-order valence-corrected chi connectivity index (χ0v) is 12.9. The van der Waals surface area contributed by atoms with Gasteiger partial charge in [0.1, 0.15) is 5.60 Å². The van der Waals surface area contributed by atoms with Crippen LogP contribution in [0.5, 0.6) is 0 Å². The lowest BCUT2D eigenvalue weighted by atomic mass is 10.1. The summed E-state index contributed by atoms with van der Waals surface area (Å²) in [4.78, 5) is 23.6. The fourth-order valence-corrected chi connectivity index (χ4v) is 1.90. The van der Waals surface area contributed by atoms with Crippen LogP contribution in [0.15, 0.2) is 18.2 Å². The van der Waals surface area contributed by atoms with Gasteiger partial charge in [-0.2, -0.15) is 0 Å². The van der Waals surface area contributed by atoms with E-state index in [4.69, 9.17) is 4.74 Å². The molecule has 1 aromatic carbocycles. The van der Waals surface area contributed by atoms with E-state index >= 15 is 0 Å². The van der Waals surface area contributed by atoms with E-state index in [9.17, 15) is 9.59 Å². The summed E-state index contributed by atoms with van der Waals surface area (Å²) in [6.07, 6.45) is 1.41. The highest BCUT2D eigenvalue weighted by Gasteiger charge is 2.30. The smallest absolute Gasteiger partial charge is 0.412 e. The number of hydrogen-bond acceptors (Lipinski definition) is 3.